The van der Waals surface area contributed by atoms with E-state index in [1.165, 1.54) is 0 Å². The number of ether oxygens (including phenoxy) is 4. The fourth-order valence-electron chi connectivity index (χ4n) is 4.40. The first kappa shape index (κ1) is 25.4. The predicted molar refractivity (Wildman–Crippen MR) is 132 cm³/mol. The molecular weight excluding hydrogens is 466 g/mol. The minimum Gasteiger partial charge on any atom is -0.497 e. The van der Waals surface area contributed by atoms with Crippen LogP contribution in [-0.4, -0.2) is 51.8 Å². The lowest BCUT2D eigenvalue weighted by atomic mass is 9.80. The van der Waals surface area contributed by atoms with Crippen LogP contribution in [0, 0.1) is 0 Å². The highest BCUT2D eigenvalue weighted by atomic mass is 31.1. The lowest BCUT2D eigenvalue weighted by Gasteiger charge is -2.37. The van der Waals surface area contributed by atoms with E-state index in [0.717, 1.165) is 28.2 Å². The van der Waals surface area contributed by atoms with Gasteiger partial charge in [-0.2, -0.15) is 0 Å². The van der Waals surface area contributed by atoms with Gasteiger partial charge in [-0.15, -0.1) is 9.42 Å². The van der Waals surface area contributed by atoms with Crippen LogP contribution in [0.4, 0.5) is 0 Å². The average Bonchev–Trinajstić information content (AvgIpc) is 3.23. The molecule has 1 aliphatic rings. The van der Waals surface area contributed by atoms with Gasteiger partial charge in [0.15, 0.2) is 0 Å². The molecule has 1 unspecified atom stereocenters. The maximum Gasteiger partial charge on any atom is 0.695 e. The molecule has 2 radical (unpaired) electrons. The smallest absolute Gasteiger partial charge is 0.497 e. The van der Waals surface area contributed by atoms with E-state index in [1.54, 1.807) is 14.2 Å². The van der Waals surface area contributed by atoms with E-state index in [9.17, 15) is 9.46 Å². The summed E-state index contributed by atoms with van der Waals surface area (Å²) in [7, 11) is 6.39. The molecule has 0 spiro atoms. The molecule has 0 saturated carbocycles. The monoisotopic (exact) mass is 493 g/mol. The second kappa shape index (κ2) is 11.3. The summed E-state index contributed by atoms with van der Waals surface area (Å²) < 4.78 is 39.8. The molecule has 1 heterocycles. The summed E-state index contributed by atoms with van der Waals surface area (Å²) in [5, 5.41) is 0. The number of hydrogen-bond donors (Lipinski definition) is 1. The van der Waals surface area contributed by atoms with Gasteiger partial charge in [-0.05, 0) is 47.4 Å². The molecule has 9 heteroatoms. The van der Waals surface area contributed by atoms with Crippen LogP contribution in [0.3, 0.4) is 0 Å². The Hall–Kier alpha value is -2.74. The van der Waals surface area contributed by atoms with Gasteiger partial charge in [0.1, 0.15) is 37.2 Å². The number of benzene rings is 3. The summed E-state index contributed by atoms with van der Waals surface area (Å²) in [5.74, 6) is 1.44. The van der Waals surface area contributed by atoms with Gasteiger partial charge in [-0.25, -0.2) is 0 Å². The van der Waals surface area contributed by atoms with Crippen LogP contribution in [0.1, 0.15) is 23.1 Å². The molecule has 180 valence electrons. The van der Waals surface area contributed by atoms with Crippen molar-refractivity contribution in [1.82, 2.24) is 0 Å². The van der Waals surface area contributed by atoms with Crippen molar-refractivity contribution in [3.05, 3.63) is 95.6 Å². The van der Waals surface area contributed by atoms with Gasteiger partial charge in [-0.1, -0.05) is 54.6 Å². The first-order chi connectivity index (χ1) is 17.0. The van der Waals surface area contributed by atoms with Crippen LogP contribution in [0.2, 0.25) is 0 Å². The third kappa shape index (κ3) is 5.58. The molecule has 4 rings (SSSR count). The van der Waals surface area contributed by atoms with E-state index in [2.05, 4.69) is 0 Å². The van der Waals surface area contributed by atoms with E-state index in [0.29, 0.717) is 6.42 Å². The van der Waals surface area contributed by atoms with Gasteiger partial charge in [-0.3, -0.25) is 0 Å². The van der Waals surface area contributed by atoms with Gasteiger partial charge in [0.25, 0.3) is 0 Å². The molecule has 0 aliphatic carbocycles. The van der Waals surface area contributed by atoms with Crippen molar-refractivity contribution in [2.45, 2.75) is 30.2 Å². The fourth-order valence-corrected chi connectivity index (χ4v) is 4.86. The largest absolute Gasteiger partial charge is 0.695 e. The Balaban J connectivity index is 1.81. The Labute approximate surface area is 207 Å². The average molecular weight is 493 g/mol. The summed E-state index contributed by atoms with van der Waals surface area (Å²) in [6.07, 6.45) is -1.01. The van der Waals surface area contributed by atoms with Crippen LogP contribution in [0.25, 0.3) is 0 Å². The minimum atomic E-state index is -2.81. The summed E-state index contributed by atoms with van der Waals surface area (Å²) in [6, 6.07) is 24.5. The van der Waals surface area contributed by atoms with E-state index < -0.39 is 32.1 Å². The Morgan fingerprint density at radius 2 is 1.43 bits per heavy atom. The van der Waals surface area contributed by atoms with Gasteiger partial charge in [0, 0.05) is 10.6 Å². The molecule has 7 nitrogen and oxygen atoms in total. The third-order valence-electron chi connectivity index (χ3n) is 6.09. The van der Waals surface area contributed by atoms with Gasteiger partial charge in [0.2, 0.25) is 0 Å². The summed E-state index contributed by atoms with van der Waals surface area (Å²) in [6.45, 7) is 0.0640. The van der Waals surface area contributed by atoms with Gasteiger partial charge >= 0.3 is 8.25 Å². The Morgan fingerprint density at radius 3 is 1.91 bits per heavy atom. The topological polar surface area (TPSA) is 83.5 Å². The number of methoxy groups -OCH3 is 2. The van der Waals surface area contributed by atoms with Crippen molar-refractivity contribution < 1.29 is 32.9 Å². The molecule has 0 aromatic heterocycles. The Morgan fingerprint density at radius 1 is 0.914 bits per heavy atom. The predicted octanol–water partition coefficient (Wildman–Crippen LogP) is 4.33. The second-order valence-electron chi connectivity index (χ2n) is 8.15. The zero-order chi connectivity index (χ0) is 24.8. The maximum absolute atomic E-state index is 11.4. The molecule has 4 atom stereocenters. The normalized spacial score (nSPS) is 20.4. The zero-order valence-electron chi connectivity index (χ0n) is 19.6. The van der Waals surface area contributed by atoms with Crippen LogP contribution in [0.15, 0.2) is 78.9 Å². The van der Waals surface area contributed by atoms with Crippen LogP contribution in [0.5, 0.6) is 11.5 Å². The first-order valence-electron chi connectivity index (χ1n) is 11.2. The second-order valence-corrected chi connectivity index (χ2v) is 8.83. The van der Waals surface area contributed by atoms with Crippen molar-refractivity contribution in [3.8, 4) is 11.5 Å². The Bertz CT molecular complexity index is 1060. The van der Waals surface area contributed by atoms with Crippen LogP contribution >= 0.6 is 8.25 Å². The van der Waals surface area contributed by atoms with Crippen LogP contribution in [-0.2, 0) is 24.2 Å². The van der Waals surface area contributed by atoms with E-state index >= 15 is 0 Å². The molecule has 1 N–H and O–H groups in total. The first-order valence-corrected chi connectivity index (χ1v) is 12.3. The van der Waals surface area contributed by atoms with Gasteiger partial charge < -0.3 is 18.9 Å². The molecule has 1 saturated heterocycles. The number of rotatable bonds is 10. The summed E-state index contributed by atoms with van der Waals surface area (Å²) in [4.78, 5) is 9.30. The minimum absolute atomic E-state index is 0.0640. The molecule has 0 amide bonds. The third-order valence-corrected chi connectivity index (χ3v) is 6.54. The quantitative estimate of drug-likeness (QED) is 0.256. The van der Waals surface area contributed by atoms with Crippen molar-refractivity contribution >= 4 is 16.1 Å². The Kier molecular flexibility index (Phi) is 8.21. The standard InChI is InChI=1S/C26H26BO7P/c1-30-21-12-8-19(9-13-21)26(18-6-4-3-5-7-18,20-10-14-22(31-2)15-11-20)32-17-24-23(34-35(28)29)16-25(27)33-24/h3-15,23-25H,16-17H2,1-2H3/p+1/t23-,24-,25-/m1/s1. The van der Waals surface area contributed by atoms with Crippen molar-refractivity contribution in [2.75, 3.05) is 20.8 Å². The van der Waals surface area contributed by atoms with Gasteiger partial charge in [0.05, 0.1) is 20.8 Å². The number of hydrogen-bond acceptors (Lipinski definition) is 6. The molecule has 0 bridgehead atoms. The highest BCUT2D eigenvalue weighted by molar-refractivity contribution is 7.32. The highest BCUT2D eigenvalue weighted by Gasteiger charge is 2.43. The van der Waals surface area contributed by atoms with E-state index in [4.69, 9.17) is 31.3 Å². The molecule has 3 aromatic rings. The molecular formula is C26H27BO7P+. The maximum atomic E-state index is 11.4. The van der Waals surface area contributed by atoms with Crippen molar-refractivity contribution in [1.29, 1.82) is 0 Å². The molecule has 1 aliphatic heterocycles. The molecule has 1 fully saturated rings. The summed E-state index contributed by atoms with van der Waals surface area (Å²) >= 11 is 0. The SMILES string of the molecule is [B][C@H]1C[C@@H](O[P+](=O)O)[C@@H](COC(c2ccccc2)(c2ccc(OC)cc2)c2ccc(OC)cc2)O1. The lowest BCUT2D eigenvalue weighted by molar-refractivity contribution is -0.0701. The summed E-state index contributed by atoms with van der Waals surface area (Å²) in [5.41, 5.74) is 1.58. The lowest BCUT2D eigenvalue weighted by Crippen LogP contribution is -2.38. The van der Waals surface area contributed by atoms with Crippen LogP contribution < -0.4 is 9.47 Å². The van der Waals surface area contributed by atoms with Crippen molar-refractivity contribution in [2.24, 2.45) is 0 Å². The van der Waals surface area contributed by atoms with Crippen molar-refractivity contribution in [3.63, 3.8) is 0 Å². The van der Waals surface area contributed by atoms with E-state index in [1.807, 2.05) is 78.9 Å². The fraction of sp³-hybridized carbons (Fsp3) is 0.308. The molecule has 35 heavy (non-hydrogen) atoms. The zero-order valence-corrected chi connectivity index (χ0v) is 20.5. The highest BCUT2D eigenvalue weighted by Crippen LogP contribution is 2.42. The van der Waals surface area contributed by atoms with E-state index in [-0.39, 0.29) is 6.61 Å². The molecule has 3 aromatic carbocycles.